The van der Waals surface area contributed by atoms with Crippen LogP contribution in [-0.4, -0.2) is 40.8 Å². The number of aromatic nitrogens is 1. The van der Waals surface area contributed by atoms with Gasteiger partial charge in [0.1, 0.15) is 28.5 Å². The van der Waals surface area contributed by atoms with E-state index in [1.807, 2.05) is 83.1 Å². The first kappa shape index (κ1) is 28.8. The quantitative estimate of drug-likeness (QED) is 0.222. The number of likely N-dealkylation sites (tertiary alicyclic amines) is 1. The summed E-state index contributed by atoms with van der Waals surface area (Å²) in [5.74, 6) is 1.87. The largest absolute Gasteiger partial charge is 0.489 e. The molecule has 216 valence electrons. The average Bonchev–Trinajstić information content (AvgIpc) is 3.44. The van der Waals surface area contributed by atoms with Crippen LogP contribution in [-0.2, 0) is 11.3 Å². The zero-order chi connectivity index (χ0) is 29.1. The third kappa shape index (κ3) is 6.78. The molecule has 41 heavy (non-hydrogen) atoms. The highest BCUT2D eigenvalue weighted by Gasteiger charge is 2.29. The van der Waals surface area contributed by atoms with Crippen LogP contribution in [0.5, 0.6) is 11.6 Å². The Hall–Kier alpha value is -3.72. The first-order chi connectivity index (χ1) is 19.6. The molecule has 9 heteroatoms. The van der Waals surface area contributed by atoms with Crippen molar-refractivity contribution in [2.24, 2.45) is 0 Å². The zero-order valence-electron chi connectivity index (χ0n) is 24.1. The van der Waals surface area contributed by atoms with E-state index in [0.29, 0.717) is 54.3 Å². The van der Waals surface area contributed by atoms with Crippen molar-refractivity contribution in [3.8, 4) is 11.6 Å². The van der Waals surface area contributed by atoms with Gasteiger partial charge in [0, 0.05) is 37.2 Å². The molecule has 0 saturated carbocycles. The summed E-state index contributed by atoms with van der Waals surface area (Å²) < 4.78 is 24.7. The highest BCUT2D eigenvalue weighted by molar-refractivity contribution is 9.10. The molecule has 0 unspecified atom stereocenters. The molecule has 1 aliphatic heterocycles. The molecule has 1 amide bonds. The number of carbonyl (C=O) groups excluding carboxylic acids is 1. The predicted octanol–water partition coefficient (Wildman–Crippen LogP) is 8.31. The second kappa shape index (κ2) is 12.0. The Bertz CT molecular complexity index is 1520. The minimum atomic E-state index is -0.522. The molecule has 0 spiro atoms. The van der Waals surface area contributed by atoms with Gasteiger partial charge < -0.3 is 28.8 Å². The molecule has 3 heterocycles. The minimum absolute atomic E-state index is 0.0912. The molecule has 8 nitrogen and oxygen atoms in total. The molecule has 0 bridgehead atoms. The number of anilines is 2. The van der Waals surface area contributed by atoms with Crippen molar-refractivity contribution in [1.82, 2.24) is 9.88 Å². The second-order valence-corrected chi connectivity index (χ2v) is 12.1. The number of carbonyl (C=O) groups is 1. The number of aryl methyl sites for hydroxylation is 1. The smallest absolute Gasteiger partial charge is 0.410 e. The maximum absolute atomic E-state index is 12.5. The number of ether oxygens (including phenoxy) is 3. The van der Waals surface area contributed by atoms with Crippen LogP contribution in [0.2, 0.25) is 0 Å². The summed E-state index contributed by atoms with van der Waals surface area (Å²) in [7, 11) is 0. The van der Waals surface area contributed by atoms with Gasteiger partial charge in [-0.15, -0.1) is 0 Å². The number of hydrogen-bond donors (Lipinski definition) is 1. The van der Waals surface area contributed by atoms with Gasteiger partial charge in [0.05, 0.1) is 11.6 Å². The fourth-order valence-corrected chi connectivity index (χ4v) is 5.30. The van der Waals surface area contributed by atoms with Crippen LogP contribution in [0.15, 0.2) is 63.7 Å². The summed E-state index contributed by atoms with van der Waals surface area (Å²) in [6.45, 7) is 11.3. The SMILES string of the molecule is Cc1ccc(OCc2ccccc2)c(C)c1Nc1nc(OC2CCN(C(=O)OC(C)(C)C)CC2)c2ccoc2c1Br. The van der Waals surface area contributed by atoms with Crippen LogP contribution in [0.25, 0.3) is 11.0 Å². The predicted molar refractivity (Wildman–Crippen MR) is 163 cm³/mol. The summed E-state index contributed by atoms with van der Waals surface area (Å²) in [5.41, 5.74) is 4.17. The number of fused-ring (bicyclic) bond motifs is 1. The number of benzene rings is 2. The van der Waals surface area contributed by atoms with Gasteiger partial charge in [0.2, 0.25) is 5.88 Å². The van der Waals surface area contributed by atoms with Crippen LogP contribution < -0.4 is 14.8 Å². The lowest BCUT2D eigenvalue weighted by Gasteiger charge is -2.33. The Morgan fingerprint density at radius 2 is 1.83 bits per heavy atom. The van der Waals surface area contributed by atoms with E-state index in [1.54, 1.807) is 11.2 Å². The number of piperidine rings is 1. The maximum Gasteiger partial charge on any atom is 0.410 e. The topological polar surface area (TPSA) is 86.1 Å². The Kier molecular flexibility index (Phi) is 8.45. The van der Waals surface area contributed by atoms with E-state index in [-0.39, 0.29) is 12.2 Å². The van der Waals surface area contributed by atoms with E-state index < -0.39 is 5.60 Å². The molecular formula is C32H36BrN3O5. The van der Waals surface area contributed by atoms with Crippen LogP contribution in [0.4, 0.5) is 16.3 Å². The summed E-state index contributed by atoms with van der Waals surface area (Å²) >= 11 is 3.69. The number of nitrogens with zero attached hydrogens (tertiary/aromatic N) is 2. The summed E-state index contributed by atoms with van der Waals surface area (Å²) in [6, 6.07) is 16.0. The van der Waals surface area contributed by atoms with E-state index in [4.69, 9.17) is 23.6 Å². The fourth-order valence-electron chi connectivity index (χ4n) is 4.81. The summed E-state index contributed by atoms with van der Waals surface area (Å²) in [5, 5.41) is 4.29. The van der Waals surface area contributed by atoms with Crippen molar-refractivity contribution < 1.29 is 23.4 Å². The highest BCUT2D eigenvalue weighted by atomic mass is 79.9. The highest BCUT2D eigenvalue weighted by Crippen LogP contribution is 2.40. The van der Waals surface area contributed by atoms with E-state index in [2.05, 4.69) is 21.2 Å². The molecule has 1 saturated heterocycles. The molecule has 1 aliphatic rings. The van der Waals surface area contributed by atoms with Crippen LogP contribution in [0, 0.1) is 13.8 Å². The van der Waals surface area contributed by atoms with Crippen molar-refractivity contribution in [3.63, 3.8) is 0 Å². The van der Waals surface area contributed by atoms with Gasteiger partial charge in [-0.25, -0.2) is 4.79 Å². The van der Waals surface area contributed by atoms with Crippen LogP contribution >= 0.6 is 15.9 Å². The number of nitrogens with one attached hydrogen (secondary N) is 1. The Morgan fingerprint density at radius 1 is 1.10 bits per heavy atom. The van der Waals surface area contributed by atoms with Gasteiger partial charge in [-0.05, 0) is 73.8 Å². The van der Waals surface area contributed by atoms with Crippen molar-refractivity contribution in [2.75, 3.05) is 18.4 Å². The minimum Gasteiger partial charge on any atom is -0.489 e. The number of rotatable bonds is 7. The first-order valence-corrected chi connectivity index (χ1v) is 14.6. The van der Waals surface area contributed by atoms with Gasteiger partial charge in [-0.2, -0.15) is 4.98 Å². The summed E-state index contributed by atoms with van der Waals surface area (Å²) in [6.07, 6.45) is 2.61. The molecule has 4 aromatic rings. The number of furan rings is 1. The molecule has 2 aromatic heterocycles. The molecule has 0 radical (unpaired) electrons. The van der Waals surface area contributed by atoms with E-state index in [0.717, 1.165) is 33.5 Å². The monoisotopic (exact) mass is 621 g/mol. The second-order valence-electron chi connectivity index (χ2n) is 11.3. The van der Waals surface area contributed by atoms with Gasteiger partial charge in [0.25, 0.3) is 0 Å². The van der Waals surface area contributed by atoms with Gasteiger partial charge in [-0.3, -0.25) is 0 Å². The number of pyridine rings is 1. The zero-order valence-corrected chi connectivity index (χ0v) is 25.7. The van der Waals surface area contributed by atoms with Gasteiger partial charge >= 0.3 is 6.09 Å². The number of amides is 1. The van der Waals surface area contributed by atoms with Gasteiger partial charge in [-0.1, -0.05) is 36.4 Å². The van der Waals surface area contributed by atoms with Crippen molar-refractivity contribution in [1.29, 1.82) is 0 Å². The molecule has 2 aromatic carbocycles. The van der Waals surface area contributed by atoms with E-state index in [9.17, 15) is 4.79 Å². The van der Waals surface area contributed by atoms with Crippen LogP contribution in [0.3, 0.4) is 0 Å². The normalized spacial score (nSPS) is 14.2. The molecule has 0 atom stereocenters. The Balaban J connectivity index is 1.34. The number of hydrogen-bond acceptors (Lipinski definition) is 7. The first-order valence-electron chi connectivity index (χ1n) is 13.8. The molecule has 1 N–H and O–H groups in total. The van der Waals surface area contributed by atoms with Crippen molar-refractivity contribution in [3.05, 3.63) is 76.0 Å². The summed E-state index contributed by atoms with van der Waals surface area (Å²) in [4.78, 5) is 19.1. The van der Waals surface area contributed by atoms with Crippen molar-refractivity contribution in [2.45, 2.75) is 65.8 Å². The van der Waals surface area contributed by atoms with Crippen LogP contribution in [0.1, 0.15) is 50.3 Å². The lowest BCUT2D eigenvalue weighted by atomic mass is 10.1. The average molecular weight is 623 g/mol. The number of halogens is 1. The molecule has 0 aliphatic carbocycles. The van der Waals surface area contributed by atoms with Crippen molar-refractivity contribution >= 4 is 44.5 Å². The Morgan fingerprint density at radius 3 is 2.54 bits per heavy atom. The lowest BCUT2D eigenvalue weighted by Crippen LogP contribution is -2.44. The third-order valence-corrected chi connectivity index (χ3v) is 7.73. The van der Waals surface area contributed by atoms with E-state index >= 15 is 0 Å². The van der Waals surface area contributed by atoms with Gasteiger partial charge in [0.15, 0.2) is 11.4 Å². The molecule has 1 fully saturated rings. The van der Waals surface area contributed by atoms with E-state index in [1.165, 1.54) is 0 Å². The third-order valence-electron chi connectivity index (χ3n) is 6.99. The fraction of sp³-hybridized carbons (Fsp3) is 0.375. The standard InChI is InChI=1S/C32H36BrN3O5/c1-20-11-12-25(39-19-22-9-7-6-8-10-22)21(2)27(20)34-29-26(33)28-24(15-18-38-28)30(35-29)40-23-13-16-36(17-14-23)31(37)41-32(3,4)5/h6-12,15,18,23H,13-14,16-17,19H2,1-5H3,(H,34,35). The Labute approximate surface area is 249 Å². The maximum atomic E-state index is 12.5. The molecule has 5 rings (SSSR count). The lowest BCUT2D eigenvalue weighted by molar-refractivity contribution is 0.0124. The molecular weight excluding hydrogens is 586 g/mol.